The molecule has 2 rings (SSSR count). The maximum atomic E-state index is 12.1. The van der Waals surface area contributed by atoms with Crippen molar-refractivity contribution in [2.75, 3.05) is 12.3 Å². The Hall–Kier alpha value is -1.56. The van der Waals surface area contributed by atoms with Gasteiger partial charge in [0.25, 0.3) is 5.91 Å². The molecule has 0 fully saturated rings. The highest BCUT2D eigenvalue weighted by molar-refractivity contribution is 7.92. The Morgan fingerprint density at radius 2 is 2.14 bits per heavy atom. The van der Waals surface area contributed by atoms with E-state index in [0.717, 1.165) is 17.7 Å². The normalized spacial score (nSPS) is 17.7. The summed E-state index contributed by atoms with van der Waals surface area (Å²) in [5.41, 5.74) is 2.29. The van der Waals surface area contributed by atoms with Crippen molar-refractivity contribution in [3.8, 4) is 5.75 Å². The van der Waals surface area contributed by atoms with Crippen LogP contribution in [0.1, 0.15) is 31.4 Å². The number of ether oxygens (including phenoxy) is 1. The molecule has 1 aliphatic rings. The second kappa shape index (κ2) is 6.69. The maximum absolute atomic E-state index is 12.1. The van der Waals surface area contributed by atoms with Gasteiger partial charge in [-0.15, -0.1) is 0 Å². The van der Waals surface area contributed by atoms with Crippen LogP contribution in [-0.2, 0) is 21.1 Å². The molecule has 0 radical (unpaired) electrons. The Morgan fingerprint density at radius 1 is 1.41 bits per heavy atom. The minimum atomic E-state index is -3.13. The van der Waals surface area contributed by atoms with E-state index in [9.17, 15) is 13.2 Å². The number of benzene rings is 1. The number of rotatable bonds is 5. The van der Waals surface area contributed by atoms with E-state index in [1.807, 2.05) is 19.1 Å². The van der Waals surface area contributed by atoms with Crippen molar-refractivity contribution >= 4 is 15.7 Å². The number of carbonyl (C=O) groups excluding carboxylic acids is 1. The second-order valence-corrected chi connectivity index (χ2v) is 8.64. The van der Waals surface area contributed by atoms with Crippen molar-refractivity contribution in [2.24, 2.45) is 0 Å². The number of hydrogen-bond acceptors (Lipinski definition) is 4. The Labute approximate surface area is 132 Å². The van der Waals surface area contributed by atoms with Crippen LogP contribution in [0.25, 0.3) is 0 Å². The van der Waals surface area contributed by atoms with Crippen LogP contribution in [0.5, 0.6) is 5.75 Å². The molecule has 0 aliphatic carbocycles. The monoisotopic (exact) mass is 325 g/mol. The smallest absolute Gasteiger partial charge is 0.261 e. The zero-order valence-corrected chi connectivity index (χ0v) is 14.1. The Balaban J connectivity index is 1.88. The molecular formula is C16H23NO4S. The molecule has 1 unspecified atom stereocenters. The van der Waals surface area contributed by atoms with E-state index in [-0.39, 0.29) is 18.2 Å². The first-order chi connectivity index (χ1) is 10.3. The number of amides is 1. The highest BCUT2D eigenvalue weighted by Crippen LogP contribution is 2.28. The van der Waals surface area contributed by atoms with Crippen LogP contribution >= 0.6 is 0 Å². The predicted octanol–water partition coefficient (Wildman–Crippen LogP) is 1.63. The average Bonchev–Trinajstić information content (AvgIpc) is 2.46. The number of hydrogen-bond donors (Lipinski definition) is 1. The molecule has 5 nitrogen and oxygen atoms in total. The molecule has 0 saturated heterocycles. The highest BCUT2D eigenvalue weighted by atomic mass is 32.2. The SMILES string of the molecule is Cc1ccc2c(c1)CCC(C(=O)NCCS(=O)(=O)C(C)C)O2. The standard InChI is InChI=1S/C16H23NO4S/c1-11(2)22(19,20)9-8-17-16(18)15-7-5-13-10-12(3)4-6-14(13)21-15/h4,6,10-11,15H,5,7-9H2,1-3H3,(H,17,18). The first kappa shape index (κ1) is 16.8. The fourth-order valence-electron chi connectivity index (χ4n) is 2.37. The van der Waals surface area contributed by atoms with E-state index in [4.69, 9.17) is 4.74 Å². The summed E-state index contributed by atoms with van der Waals surface area (Å²) in [4.78, 5) is 12.1. The molecule has 22 heavy (non-hydrogen) atoms. The van der Waals surface area contributed by atoms with Gasteiger partial charge in [0.2, 0.25) is 0 Å². The summed E-state index contributed by atoms with van der Waals surface area (Å²) in [5.74, 6) is 0.454. The molecule has 0 spiro atoms. The summed E-state index contributed by atoms with van der Waals surface area (Å²) in [6.07, 6.45) is 0.857. The predicted molar refractivity (Wildman–Crippen MR) is 85.8 cm³/mol. The van der Waals surface area contributed by atoms with Gasteiger partial charge in [-0.1, -0.05) is 17.7 Å². The van der Waals surface area contributed by atoms with Gasteiger partial charge in [-0.3, -0.25) is 4.79 Å². The minimum Gasteiger partial charge on any atom is -0.480 e. The van der Waals surface area contributed by atoms with Crippen LogP contribution in [0.15, 0.2) is 18.2 Å². The molecular weight excluding hydrogens is 302 g/mol. The number of aryl methyl sites for hydroxylation is 2. The molecule has 1 aromatic rings. The van der Waals surface area contributed by atoms with Gasteiger partial charge < -0.3 is 10.1 Å². The fraction of sp³-hybridized carbons (Fsp3) is 0.562. The van der Waals surface area contributed by atoms with E-state index < -0.39 is 21.2 Å². The van der Waals surface area contributed by atoms with Gasteiger partial charge in [-0.2, -0.15) is 0 Å². The molecule has 1 N–H and O–H groups in total. The first-order valence-corrected chi connectivity index (χ1v) is 9.26. The van der Waals surface area contributed by atoms with Gasteiger partial charge in [0.15, 0.2) is 15.9 Å². The zero-order valence-electron chi connectivity index (χ0n) is 13.3. The van der Waals surface area contributed by atoms with Crippen molar-refractivity contribution in [3.63, 3.8) is 0 Å². The van der Waals surface area contributed by atoms with E-state index in [1.54, 1.807) is 13.8 Å². The molecule has 0 aromatic heterocycles. The van der Waals surface area contributed by atoms with Gasteiger partial charge in [0, 0.05) is 6.54 Å². The number of fused-ring (bicyclic) bond motifs is 1. The van der Waals surface area contributed by atoms with Gasteiger partial charge in [0.05, 0.1) is 11.0 Å². The molecule has 122 valence electrons. The lowest BCUT2D eigenvalue weighted by molar-refractivity contribution is -0.128. The number of nitrogens with one attached hydrogen (secondary N) is 1. The van der Waals surface area contributed by atoms with Crippen LogP contribution in [0.3, 0.4) is 0 Å². The van der Waals surface area contributed by atoms with Crippen LogP contribution in [-0.4, -0.2) is 38.0 Å². The van der Waals surface area contributed by atoms with E-state index in [2.05, 4.69) is 11.4 Å². The van der Waals surface area contributed by atoms with Crippen LogP contribution in [0, 0.1) is 6.92 Å². The molecule has 1 aromatic carbocycles. The largest absolute Gasteiger partial charge is 0.480 e. The third kappa shape index (κ3) is 4.00. The van der Waals surface area contributed by atoms with Crippen molar-refractivity contribution in [3.05, 3.63) is 29.3 Å². The summed E-state index contributed by atoms with van der Waals surface area (Å²) in [5, 5.41) is 2.24. The lowest BCUT2D eigenvalue weighted by Gasteiger charge is -2.25. The first-order valence-electron chi connectivity index (χ1n) is 7.55. The van der Waals surface area contributed by atoms with E-state index in [0.29, 0.717) is 6.42 Å². The Bertz CT molecular complexity index is 652. The van der Waals surface area contributed by atoms with Crippen LogP contribution < -0.4 is 10.1 Å². The summed E-state index contributed by atoms with van der Waals surface area (Å²) in [7, 11) is -3.13. The lowest BCUT2D eigenvalue weighted by Crippen LogP contribution is -2.42. The summed E-state index contributed by atoms with van der Waals surface area (Å²) >= 11 is 0. The molecule has 1 atom stereocenters. The molecule has 0 saturated carbocycles. The fourth-order valence-corrected chi connectivity index (χ4v) is 3.23. The van der Waals surface area contributed by atoms with Crippen molar-refractivity contribution in [1.29, 1.82) is 0 Å². The number of carbonyl (C=O) groups is 1. The summed E-state index contributed by atoms with van der Waals surface area (Å²) in [6, 6.07) is 5.90. The summed E-state index contributed by atoms with van der Waals surface area (Å²) in [6.45, 7) is 5.43. The number of sulfone groups is 1. The van der Waals surface area contributed by atoms with Crippen molar-refractivity contribution in [1.82, 2.24) is 5.32 Å². The highest BCUT2D eigenvalue weighted by Gasteiger charge is 2.26. The molecule has 0 bridgehead atoms. The van der Waals surface area contributed by atoms with Gasteiger partial charge in [-0.05, 0) is 45.2 Å². The lowest BCUT2D eigenvalue weighted by atomic mass is 10.00. The topological polar surface area (TPSA) is 72.5 Å². The molecule has 1 heterocycles. The van der Waals surface area contributed by atoms with Gasteiger partial charge in [-0.25, -0.2) is 8.42 Å². The summed E-state index contributed by atoms with van der Waals surface area (Å²) < 4.78 is 29.1. The van der Waals surface area contributed by atoms with Crippen molar-refractivity contribution in [2.45, 2.75) is 45.0 Å². The Kier molecular flexibility index (Phi) is 5.11. The maximum Gasteiger partial charge on any atom is 0.261 e. The van der Waals surface area contributed by atoms with Crippen molar-refractivity contribution < 1.29 is 17.9 Å². The molecule has 1 amide bonds. The van der Waals surface area contributed by atoms with Crippen LogP contribution in [0.2, 0.25) is 0 Å². The quantitative estimate of drug-likeness (QED) is 0.893. The molecule has 1 aliphatic heterocycles. The minimum absolute atomic E-state index is 0.0427. The zero-order chi connectivity index (χ0) is 16.3. The third-order valence-corrected chi connectivity index (χ3v) is 6.07. The van der Waals surface area contributed by atoms with E-state index in [1.165, 1.54) is 5.56 Å². The second-order valence-electron chi connectivity index (χ2n) is 5.96. The van der Waals surface area contributed by atoms with E-state index >= 15 is 0 Å². The molecule has 6 heteroatoms. The van der Waals surface area contributed by atoms with Gasteiger partial charge >= 0.3 is 0 Å². The van der Waals surface area contributed by atoms with Crippen LogP contribution in [0.4, 0.5) is 0 Å². The Morgan fingerprint density at radius 3 is 2.82 bits per heavy atom. The third-order valence-electron chi connectivity index (χ3n) is 3.86. The van der Waals surface area contributed by atoms with Gasteiger partial charge in [0.1, 0.15) is 5.75 Å². The average molecular weight is 325 g/mol.